The molecule has 1 aliphatic carbocycles. The van der Waals surface area contributed by atoms with Gasteiger partial charge in [0.1, 0.15) is 0 Å². The molecular formula is C22H24N2OS2. The normalized spacial score (nSPS) is 13.9. The molecule has 1 aromatic carbocycles. The Morgan fingerprint density at radius 1 is 1.04 bits per heavy atom. The minimum absolute atomic E-state index is 0.0358. The third kappa shape index (κ3) is 3.85. The number of carbonyl (C=O) groups is 1. The Hall–Kier alpha value is -1.98. The van der Waals surface area contributed by atoms with E-state index in [1.54, 1.807) is 11.3 Å². The lowest BCUT2D eigenvalue weighted by Crippen LogP contribution is -2.09. The lowest BCUT2D eigenvalue weighted by Gasteiger charge is -2.08. The van der Waals surface area contributed by atoms with Gasteiger partial charge in [-0.05, 0) is 69.2 Å². The molecule has 0 bridgehead atoms. The molecule has 3 aromatic rings. The third-order valence-corrected chi connectivity index (χ3v) is 7.12. The number of nitrogens with one attached hydrogen (secondary N) is 1. The van der Waals surface area contributed by atoms with Gasteiger partial charge in [0, 0.05) is 15.8 Å². The van der Waals surface area contributed by atoms with E-state index in [9.17, 15) is 4.79 Å². The lowest BCUT2D eigenvalue weighted by atomic mass is 9.98. The molecule has 0 unspecified atom stereocenters. The SMILES string of the molecule is Cc1cc(C)c(-c2csc(NC(=O)c3cc4c(s3)CCCCC4)n2)c(C)c1. The topological polar surface area (TPSA) is 42.0 Å². The Bertz CT molecular complexity index is 953. The maximum Gasteiger partial charge on any atom is 0.267 e. The van der Waals surface area contributed by atoms with Crippen LogP contribution < -0.4 is 5.32 Å². The van der Waals surface area contributed by atoms with Gasteiger partial charge in [0.15, 0.2) is 5.13 Å². The van der Waals surface area contributed by atoms with Crippen molar-refractivity contribution in [1.29, 1.82) is 0 Å². The number of hydrogen-bond acceptors (Lipinski definition) is 4. The van der Waals surface area contributed by atoms with Crippen molar-refractivity contribution in [2.45, 2.75) is 52.9 Å². The van der Waals surface area contributed by atoms with Crippen LogP contribution in [0.2, 0.25) is 0 Å². The molecule has 140 valence electrons. The molecule has 27 heavy (non-hydrogen) atoms. The van der Waals surface area contributed by atoms with Gasteiger partial charge >= 0.3 is 0 Å². The van der Waals surface area contributed by atoms with Gasteiger partial charge in [-0.25, -0.2) is 4.98 Å². The Labute approximate surface area is 168 Å². The predicted molar refractivity (Wildman–Crippen MR) is 115 cm³/mol. The van der Waals surface area contributed by atoms with Gasteiger partial charge in [-0.3, -0.25) is 10.1 Å². The van der Waals surface area contributed by atoms with Crippen LogP contribution in [0.5, 0.6) is 0 Å². The van der Waals surface area contributed by atoms with E-state index in [1.165, 1.54) is 63.3 Å². The summed E-state index contributed by atoms with van der Waals surface area (Å²) in [6.45, 7) is 6.34. The first-order valence-electron chi connectivity index (χ1n) is 9.48. The average Bonchev–Trinajstić information content (AvgIpc) is 3.16. The number of aromatic nitrogens is 1. The van der Waals surface area contributed by atoms with Crippen molar-refractivity contribution in [3.8, 4) is 11.3 Å². The second-order valence-electron chi connectivity index (χ2n) is 7.39. The van der Waals surface area contributed by atoms with Crippen molar-refractivity contribution >= 4 is 33.7 Å². The summed E-state index contributed by atoms with van der Waals surface area (Å²) in [5, 5.41) is 5.70. The molecule has 2 heterocycles. The largest absolute Gasteiger partial charge is 0.297 e. The molecule has 1 amide bonds. The number of nitrogens with zero attached hydrogens (tertiary/aromatic N) is 1. The fourth-order valence-corrected chi connectivity index (χ4v) is 5.81. The highest BCUT2D eigenvalue weighted by molar-refractivity contribution is 7.15. The van der Waals surface area contributed by atoms with Crippen molar-refractivity contribution in [2.24, 2.45) is 0 Å². The smallest absolute Gasteiger partial charge is 0.267 e. The molecule has 0 radical (unpaired) electrons. The van der Waals surface area contributed by atoms with Crippen molar-refractivity contribution in [2.75, 3.05) is 5.32 Å². The first kappa shape index (κ1) is 18.4. The Morgan fingerprint density at radius 2 is 1.78 bits per heavy atom. The number of rotatable bonds is 3. The molecule has 1 aliphatic rings. The van der Waals surface area contributed by atoms with E-state index < -0.39 is 0 Å². The summed E-state index contributed by atoms with van der Waals surface area (Å²) in [5.74, 6) is -0.0358. The molecule has 0 atom stereocenters. The second kappa shape index (κ2) is 7.56. The first-order valence-corrected chi connectivity index (χ1v) is 11.2. The van der Waals surface area contributed by atoms with E-state index in [2.05, 4.69) is 49.3 Å². The van der Waals surface area contributed by atoms with Crippen molar-refractivity contribution < 1.29 is 4.79 Å². The quantitative estimate of drug-likeness (QED) is 0.527. The number of anilines is 1. The Morgan fingerprint density at radius 3 is 2.56 bits per heavy atom. The summed E-state index contributed by atoms with van der Waals surface area (Å²) in [6.07, 6.45) is 5.98. The van der Waals surface area contributed by atoms with Crippen molar-refractivity contribution in [3.63, 3.8) is 0 Å². The minimum atomic E-state index is -0.0358. The highest BCUT2D eigenvalue weighted by Gasteiger charge is 2.18. The number of carbonyl (C=O) groups excluding carboxylic acids is 1. The van der Waals surface area contributed by atoms with Gasteiger partial charge in [0.05, 0.1) is 10.6 Å². The monoisotopic (exact) mass is 396 g/mol. The van der Waals surface area contributed by atoms with Crippen LogP contribution in [0.15, 0.2) is 23.6 Å². The molecule has 5 heteroatoms. The Balaban J connectivity index is 1.54. The number of benzene rings is 1. The number of aryl methyl sites for hydroxylation is 5. The summed E-state index contributed by atoms with van der Waals surface area (Å²) < 4.78 is 0. The van der Waals surface area contributed by atoms with Crippen LogP contribution in [0.3, 0.4) is 0 Å². The van der Waals surface area contributed by atoms with Gasteiger partial charge < -0.3 is 0 Å². The molecule has 0 spiro atoms. The summed E-state index contributed by atoms with van der Waals surface area (Å²) in [6, 6.07) is 6.45. The zero-order valence-electron chi connectivity index (χ0n) is 16.0. The fraction of sp³-hybridized carbons (Fsp3) is 0.364. The molecule has 4 rings (SSSR count). The van der Waals surface area contributed by atoms with Gasteiger partial charge in [0.25, 0.3) is 5.91 Å². The first-order chi connectivity index (χ1) is 13.0. The van der Waals surface area contributed by atoms with E-state index in [0.29, 0.717) is 5.13 Å². The number of fused-ring (bicyclic) bond motifs is 1. The molecule has 0 saturated carbocycles. The maximum atomic E-state index is 12.7. The summed E-state index contributed by atoms with van der Waals surface area (Å²) in [4.78, 5) is 19.6. The molecule has 0 aliphatic heterocycles. The summed E-state index contributed by atoms with van der Waals surface area (Å²) in [7, 11) is 0. The Kier molecular flexibility index (Phi) is 5.15. The van der Waals surface area contributed by atoms with E-state index in [4.69, 9.17) is 0 Å². The lowest BCUT2D eigenvalue weighted by molar-refractivity contribution is 0.103. The molecule has 0 saturated heterocycles. The van der Waals surface area contributed by atoms with Crippen LogP contribution in [-0.2, 0) is 12.8 Å². The summed E-state index contributed by atoms with van der Waals surface area (Å²) >= 11 is 3.14. The van der Waals surface area contributed by atoms with E-state index >= 15 is 0 Å². The van der Waals surface area contributed by atoms with Crippen LogP contribution in [0, 0.1) is 20.8 Å². The minimum Gasteiger partial charge on any atom is -0.297 e. The molecular weight excluding hydrogens is 372 g/mol. The van der Waals surface area contributed by atoms with Gasteiger partial charge in [-0.1, -0.05) is 24.1 Å². The van der Waals surface area contributed by atoms with Crippen LogP contribution in [0.1, 0.15) is 56.1 Å². The third-order valence-electron chi connectivity index (χ3n) is 5.13. The molecule has 1 N–H and O–H groups in total. The van der Waals surface area contributed by atoms with Crippen molar-refractivity contribution in [3.05, 3.63) is 55.6 Å². The molecule has 3 nitrogen and oxygen atoms in total. The number of thiophene rings is 1. The number of amides is 1. The van der Waals surface area contributed by atoms with E-state index in [-0.39, 0.29) is 5.91 Å². The predicted octanol–water partition coefficient (Wildman–Crippen LogP) is 6.32. The number of thiazole rings is 1. The van der Waals surface area contributed by atoms with Crippen molar-refractivity contribution in [1.82, 2.24) is 4.98 Å². The zero-order chi connectivity index (χ0) is 19.0. The second-order valence-corrected chi connectivity index (χ2v) is 9.38. The van der Waals surface area contributed by atoms with Gasteiger partial charge in [0.2, 0.25) is 0 Å². The molecule has 2 aromatic heterocycles. The van der Waals surface area contributed by atoms with Gasteiger partial charge in [-0.2, -0.15) is 0 Å². The van der Waals surface area contributed by atoms with Crippen LogP contribution >= 0.6 is 22.7 Å². The van der Waals surface area contributed by atoms with E-state index in [0.717, 1.165) is 23.4 Å². The van der Waals surface area contributed by atoms with Crippen LogP contribution in [-0.4, -0.2) is 10.9 Å². The van der Waals surface area contributed by atoms with E-state index in [1.807, 2.05) is 5.38 Å². The molecule has 0 fully saturated rings. The average molecular weight is 397 g/mol. The standard InChI is InChI=1S/C22H24N2OS2/c1-13-9-14(2)20(15(3)10-13)17-12-26-22(23-17)24-21(25)19-11-16-7-5-4-6-8-18(16)27-19/h9-12H,4-8H2,1-3H3,(H,23,24,25). The highest BCUT2D eigenvalue weighted by atomic mass is 32.1. The van der Waals surface area contributed by atoms with Gasteiger partial charge in [-0.15, -0.1) is 22.7 Å². The number of hydrogen-bond donors (Lipinski definition) is 1. The maximum absolute atomic E-state index is 12.7. The van der Waals surface area contributed by atoms with Crippen LogP contribution in [0.4, 0.5) is 5.13 Å². The fourth-order valence-electron chi connectivity index (χ4n) is 3.97. The highest BCUT2D eigenvalue weighted by Crippen LogP contribution is 2.32. The summed E-state index contributed by atoms with van der Waals surface area (Å²) in [5.41, 5.74) is 7.17. The zero-order valence-corrected chi connectivity index (χ0v) is 17.6. The van der Waals surface area contributed by atoms with Crippen LogP contribution in [0.25, 0.3) is 11.3 Å².